The van der Waals surface area contributed by atoms with Crippen LogP contribution in [0.15, 0.2) is 12.4 Å². The SMILES string of the molecule is CC#N.FC=C(F)F. The average molecular weight is 123 g/mol. The van der Waals surface area contributed by atoms with E-state index in [1.54, 1.807) is 6.07 Å². The van der Waals surface area contributed by atoms with Crippen LogP contribution in [-0.2, 0) is 0 Å². The minimum absolute atomic E-state index is 0.750. The molecule has 0 amide bonds. The van der Waals surface area contributed by atoms with E-state index in [0.717, 1.165) is 0 Å². The topological polar surface area (TPSA) is 23.8 Å². The maximum absolute atomic E-state index is 10.2. The minimum atomic E-state index is -2.29. The Kier molecular flexibility index (Phi) is 11.8. The van der Waals surface area contributed by atoms with Crippen molar-refractivity contribution in [3.05, 3.63) is 12.4 Å². The Hall–Kier alpha value is -0.980. The fraction of sp³-hybridized carbons (Fsp3) is 0.250. The molecule has 0 fully saturated rings. The van der Waals surface area contributed by atoms with Crippen LogP contribution in [-0.4, -0.2) is 0 Å². The second-order valence-electron chi connectivity index (χ2n) is 0.622. The summed E-state index contributed by atoms with van der Waals surface area (Å²) in [6.07, 6.45) is -3.04. The van der Waals surface area contributed by atoms with Gasteiger partial charge in [-0.1, -0.05) is 0 Å². The van der Waals surface area contributed by atoms with Crippen LogP contribution in [0, 0.1) is 11.3 Å². The predicted octanol–water partition coefficient (Wildman–Crippen LogP) is 2.22. The molecule has 0 aromatic rings. The Labute approximate surface area is 45.0 Å². The number of hydrogen-bond acceptors (Lipinski definition) is 1. The van der Waals surface area contributed by atoms with Crippen LogP contribution in [0.5, 0.6) is 0 Å². The molecule has 0 bridgehead atoms. The van der Waals surface area contributed by atoms with Gasteiger partial charge in [-0.3, -0.25) is 0 Å². The van der Waals surface area contributed by atoms with E-state index in [1.165, 1.54) is 6.92 Å². The fourth-order valence-corrected chi connectivity index (χ4v) is 0. The van der Waals surface area contributed by atoms with E-state index in [-0.39, 0.29) is 0 Å². The third-order valence-corrected chi connectivity index (χ3v) is 0.0825. The van der Waals surface area contributed by atoms with E-state index < -0.39 is 12.4 Å². The highest BCUT2D eigenvalue weighted by Gasteiger charge is 1.78. The van der Waals surface area contributed by atoms with E-state index >= 15 is 0 Å². The van der Waals surface area contributed by atoms with Gasteiger partial charge < -0.3 is 0 Å². The first-order valence-corrected chi connectivity index (χ1v) is 1.61. The smallest absolute Gasteiger partial charge is 0.210 e. The van der Waals surface area contributed by atoms with Crippen molar-refractivity contribution in [2.45, 2.75) is 6.92 Å². The van der Waals surface area contributed by atoms with Gasteiger partial charge in [-0.2, -0.15) is 14.0 Å². The van der Waals surface area contributed by atoms with Crippen molar-refractivity contribution >= 4 is 0 Å². The van der Waals surface area contributed by atoms with Crippen LogP contribution in [0.4, 0.5) is 13.2 Å². The third-order valence-electron chi connectivity index (χ3n) is 0.0825. The molecule has 0 aliphatic rings. The predicted molar refractivity (Wildman–Crippen MR) is 22.7 cm³/mol. The molecule has 1 nitrogen and oxygen atoms in total. The normalized spacial score (nSPS) is 5.38. The first-order chi connectivity index (χ1) is 3.68. The lowest BCUT2D eigenvalue weighted by Gasteiger charge is -1.59. The molecule has 0 rings (SSSR count). The first-order valence-electron chi connectivity index (χ1n) is 1.61. The Morgan fingerprint density at radius 1 is 1.62 bits per heavy atom. The Morgan fingerprint density at radius 2 is 1.75 bits per heavy atom. The van der Waals surface area contributed by atoms with Gasteiger partial charge >= 0.3 is 0 Å². The third kappa shape index (κ3) is 78.0. The quantitative estimate of drug-likeness (QED) is 0.484. The number of nitrogens with zero attached hydrogens (tertiary/aromatic N) is 1. The zero-order chi connectivity index (χ0) is 6.99. The van der Waals surface area contributed by atoms with Gasteiger partial charge in [0.2, 0.25) is 0 Å². The summed E-state index contributed by atoms with van der Waals surface area (Å²) in [4.78, 5) is 0. The van der Waals surface area contributed by atoms with Crippen molar-refractivity contribution in [2.75, 3.05) is 0 Å². The molecule has 0 spiro atoms. The van der Waals surface area contributed by atoms with Crippen LogP contribution < -0.4 is 0 Å². The van der Waals surface area contributed by atoms with E-state index in [4.69, 9.17) is 5.26 Å². The summed E-state index contributed by atoms with van der Waals surface area (Å²) in [5.74, 6) is 0. The molecule has 8 heavy (non-hydrogen) atoms. The lowest BCUT2D eigenvalue weighted by Crippen LogP contribution is -1.42. The first kappa shape index (κ1) is 10.1. The molecule has 4 heteroatoms. The lowest BCUT2D eigenvalue weighted by atomic mass is 11.0. The van der Waals surface area contributed by atoms with Crippen molar-refractivity contribution in [2.24, 2.45) is 0 Å². The summed E-state index contributed by atoms with van der Waals surface area (Å²) in [7, 11) is 0. The number of nitriles is 1. The second-order valence-corrected chi connectivity index (χ2v) is 0.622. The van der Waals surface area contributed by atoms with Gasteiger partial charge in [0.1, 0.15) is 0 Å². The molecule has 0 aliphatic carbocycles. The minimum Gasteiger partial charge on any atom is -0.210 e. The summed E-state index contributed by atoms with van der Waals surface area (Å²) < 4.78 is 30.7. The molecule has 0 aromatic heterocycles. The molecule has 0 aromatic carbocycles. The fourth-order valence-electron chi connectivity index (χ4n) is 0. The van der Waals surface area contributed by atoms with E-state index in [1.807, 2.05) is 0 Å². The van der Waals surface area contributed by atoms with E-state index in [2.05, 4.69) is 0 Å². The molecule has 0 N–H and O–H groups in total. The molecule has 0 atom stereocenters. The molecule has 0 unspecified atom stereocenters. The van der Waals surface area contributed by atoms with Crippen molar-refractivity contribution in [3.63, 3.8) is 0 Å². The zero-order valence-corrected chi connectivity index (χ0v) is 4.16. The number of halogens is 3. The zero-order valence-electron chi connectivity index (χ0n) is 4.16. The van der Waals surface area contributed by atoms with Crippen LogP contribution in [0.1, 0.15) is 6.92 Å². The summed E-state index contributed by atoms with van der Waals surface area (Å²) in [5, 5.41) is 7.32. The van der Waals surface area contributed by atoms with Gasteiger partial charge in [0.15, 0.2) is 6.33 Å². The lowest BCUT2D eigenvalue weighted by molar-refractivity contribution is 0.400. The maximum atomic E-state index is 10.2. The van der Waals surface area contributed by atoms with Gasteiger partial charge in [-0.25, -0.2) is 4.39 Å². The van der Waals surface area contributed by atoms with Crippen molar-refractivity contribution in [1.29, 1.82) is 5.26 Å². The molecule has 0 saturated heterocycles. The van der Waals surface area contributed by atoms with Crippen LogP contribution in [0.3, 0.4) is 0 Å². The summed E-state index contributed by atoms with van der Waals surface area (Å²) in [6, 6.07) is 1.75. The molecule has 0 aliphatic heterocycles. The second kappa shape index (κ2) is 9.39. The van der Waals surface area contributed by atoms with Crippen molar-refractivity contribution < 1.29 is 13.2 Å². The van der Waals surface area contributed by atoms with Gasteiger partial charge in [-0.15, -0.1) is 0 Å². The Balaban J connectivity index is 0. The standard InChI is InChI=1S/C2HF3.C2H3N/c3-1-2(4)5;1-2-3/h1H;1H3. The van der Waals surface area contributed by atoms with Gasteiger partial charge in [0.05, 0.1) is 6.07 Å². The Morgan fingerprint density at radius 3 is 1.75 bits per heavy atom. The van der Waals surface area contributed by atoms with Crippen LogP contribution in [0.25, 0.3) is 0 Å². The van der Waals surface area contributed by atoms with Crippen LogP contribution in [0.2, 0.25) is 0 Å². The summed E-state index contributed by atoms with van der Waals surface area (Å²) >= 11 is 0. The van der Waals surface area contributed by atoms with Gasteiger partial charge in [0, 0.05) is 6.92 Å². The van der Waals surface area contributed by atoms with Gasteiger partial charge in [-0.05, 0) is 0 Å². The molecular formula is C4H4F3N. The van der Waals surface area contributed by atoms with Crippen molar-refractivity contribution in [1.82, 2.24) is 0 Å². The molecule has 0 radical (unpaired) electrons. The largest absolute Gasteiger partial charge is 0.298 e. The molecule has 46 valence electrons. The maximum Gasteiger partial charge on any atom is 0.298 e. The Bertz CT molecular complexity index is 98.3. The van der Waals surface area contributed by atoms with E-state index in [0.29, 0.717) is 0 Å². The van der Waals surface area contributed by atoms with Gasteiger partial charge in [0.25, 0.3) is 6.08 Å². The molecule has 0 saturated carbocycles. The van der Waals surface area contributed by atoms with Crippen molar-refractivity contribution in [3.8, 4) is 6.07 Å². The summed E-state index contributed by atoms with van der Waals surface area (Å²) in [6.45, 7) is 1.43. The molecular weight excluding hydrogens is 119 g/mol. The molecule has 0 heterocycles. The number of rotatable bonds is 0. The van der Waals surface area contributed by atoms with E-state index in [9.17, 15) is 13.2 Å². The highest BCUT2D eigenvalue weighted by Crippen LogP contribution is 1.93. The monoisotopic (exact) mass is 123 g/mol. The average Bonchev–Trinajstić information content (AvgIpc) is 1.69. The number of hydrogen-bond donors (Lipinski definition) is 0. The highest BCUT2D eigenvalue weighted by molar-refractivity contribution is 4.66. The summed E-state index contributed by atoms with van der Waals surface area (Å²) in [5.41, 5.74) is 0. The van der Waals surface area contributed by atoms with Crippen LogP contribution >= 0.6 is 0 Å². The highest BCUT2D eigenvalue weighted by atomic mass is 19.3.